The molecule has 4 nitrogen and oxygen atoms in total. The highest BCUT2D eigenvalue weighted by molar-refractivity contribution is 5.77. The van der Waals surface area contributed by atoms with Crippen LogP contribution in [-0.2, 0) is 9.53 Å². The van der Waals surface area contributed by atoms with E-state index in [-0.39, 0.29) is 36.8 Å². The number of carbonyl (C=O) groups excluding carboxylic acids is 1. The van der Waals surface area contributed by atoms with Crippen molar-refractivity contribution in [1.82, 2.24) is 4.90 Å². The predicted molar refractivity (Wildman–Crippen MR) is 72.1 cm³/mol. The van der Waals surface area contributed by atoms with E-state index in [1.165, 1.54) is 18.1 Å². The van der Waals surface area contributed by atoms with E-state index in [2.05, 4.69) is 0 Å². The topological polar surface area (TPSA) is 55.6 Å². The maximum atomic E-state index is 13.7. The van der Waals surface area contributed by atoms with Gasteiger partial charge in [-0.1, -0.05) is 18.2 Å². The second-order valence-corrected chi connectivity index (χ2v) is 4.50. The quantitative estimate of drug-likeness (QED) is 0.854. The van der Waals surface area contributed by atoms with Gasteiger partial charge in [0, 0.05) is 26.3 Å². The van der Waals surface area contributed by atoms with E-state index in [0.29, 0.717) is 5.56 Å². The summed E-state index contributed by atoms with van der Waals surface area (Å²) in [5, 5.41) is 0. The lowest BCUT2D eigenvalue weighted by Crippen LogP contribution is -2.35. The molecule has 0 saturated heterocycles. The molecular weight excluding hydrogens is 247 g/mol. The van der Waals surface area contributed by atoms with E-state index in [0.717, 1.165) is 0 Å². The van der Waals surface area contributed by atoms with E-state index in [1.54, 1.807) is 32.2 Å². The van der Waals surface area contributed by atoms with Crippen LogP contribution >= 0.6 is 0 Å². The Hall–Kier alpha value is -1.46. The number of carbonyl (C=O) groups is 1. The molecule has 2 atom stereocenters. The summed E-state index contributed by atoms with van der Waals surface area (Å²) in [4.78, 5) is 13.6. The molecule has 2 unspecified atom stereocenters. The first-order chi connectivity index (χ1) is 9.01. The van der Waals surface area contributed by atoms with Crippen LogP contribution in [0.25, 0.3) is 0 Å². The number of nitrogens with two attached hydrogens (primary N) is 1. The van der Waals surface area contributed by atoms with Gasteiger partial charge in [0.2, 0.25) is 5.91 Å². The first-order valence-electron chi connectivity index (χ1n) is 6.24. The number of amides is 1. The van der Waals surface area contributed by atoms with Gasteiger partial charge < -0.3 is 15.4 Å². The van der Waals surface area contributed by atoms with Gasteiger partial charge in [0.15, 0.2) is 0 Å². The van der Waals surface area contributed by atoms with Gasteiger partial charge in [-0.2, -0.15) is 0 Å². The number of hydrogen-bond acceptors (Lipinski definition) is 3. The fourth-order valence-corrected chi connectivity index (χ4v) is 1.84. The van der Waals surface area contributed by atoms with Crippen LogP contribution in [0.5, 0.6) is 0 Å². The lowest BCUT2D eigenvalue weighted by atomic mass is 10.1. The Labute approximate surface area is 113 Å². The second-order valence-electron chi connectivity index (χ2n) is 4.50. The summed E-state index contributed by atoms with van der Waals surface area (Å²) in [6.45, 7) is 2.07. The Morgan fingerprint density at radius 2 is 2.11 bits per heavy atom. The summed E-state index contributed by atoms with van der Waals surface area (Å²) in [7, 11) is 3.17. The van der Waals surface area contributed by atoms with Gasteiger partial charge in [0.05, 0.1) is 18.6 Å². The smallest absolute Gasteiger partial charge is 0.225 e. The van der Waals surface area contributed by atoms with Crippen LogP contribution in [0.1, 0.15) is 24.9 Å². The molecule has 1 aromatic carbocycles. The van der Waals surface area contributed by atoms with Gasteiger partial charge in [-0.3, -0.25) is 4.79 Å². The molecule has 1 amide bonds. The minimum absolute atomic E-state index is 0.118. The maximum Gasteiger partial charge on any atom is 0.225 e. The van der Waals surface area contributed by atoms with Crippen molar-refractivity contribution in [2.75, 3.05) is 20.7 Å². The Morgan fingerprint density at radius 1 is 1.47 bits per heavy atom. The summed E-state index contributed by atoms with van der Waals surface area (Å²) in [6.07, 6.45) is -0.106. The molecule has 2 N–H and O–H groups in total. The lowest BCUT2D eigenvalue weighted by Gasteiger charge is -2.27. The third kappa shape index (κ3) is 4.01. The van der Waals surface area contributed by atoms with Gasteiger partial charge in [-0.25, -0.2) is 4.39 Å². The van der Waals surface area contributed by atoms with E-state index < -0.39 is 0 Å². The van der Waals surface area contributed by atoms with Crippen LogP contribution in [0.4, 0.5) is 4.39 Å². The van der Waals surface area contributed by atoms with Gasteiger partial charge in [0.25, 0.3) is 0 Å². The van der Waals surface area contributed by atoms with Crippen molar-refractivity contribution in [1.29, 1.82) is 0 Å². The number of halogens is 1. The molecule has 0 aliphatic rings. The highest BCUT2D eigenvalue weighted by atomic mass is 19.1. The number of benzene rings is 1. The van der Waals surface area contributed by atoms with Gasteiger partial charge in [-0.05, 0) is 13.0 Å². The van der Waals surface area contributed by atoms with Crippen LogP contribution in [0.2, 0.25) is 0 Å². The molecule has 0 radical (unpaired) electrons. The first-order valence-corrected chi connectivity index (χ1v) is 6.24. The predicted octanol–water partition coefficient (Wildman–Crippen LogP) is 1.71. The van der Waals surface area contributed by atoms with Crippen molar-refractivity contribution in [3.63, 3.8) is 0 Å². The minimum atomic E-state index is -0.330. The zero-order valence-corrected chi connectivity index (χ0v) is 11.6. The number of hydrogen-bond donors (Lipinski definition) is 1. The largest absolute Gasteiger partial charge is 0.380 e. The average molecular weight is 268 g/mol. The van der Waals surface area contributed by atoms with Crippen LogP contribution in [0.15, 0.2) is 24.3 Å². The van der Waals surface area contributed by atoms with Crippen molar-refractivity contribution in [3.05, 3.63) is 35.6 Å². The van der Waals surface area contributed by atoms with Crippen molar-refractivity contribution < 1.29 is 13.9 Å². The molecule has 0 bridgehead atoms. The average Bonchev–Trinajstić information content (AvgIpc) is 2.43. The van der Waals surface area contributed by atoms with Crippen molar-refractivity contribution in [3.8, 4) is 0 Å². The highest BCUT2D eigenvalue weighted by Gasteiger charge is 2.22. The molecule has 0 aliphatic heterocycles. The summed E-state index contributed by atoms with van der Waals surface area (Å²) in [5.41, 5.74) is 5.99. The fraction of sp³-hybridized carbons (Fsp3) is 0.500. The van der Waals surface area contributed by atoms with Gasteiger partial charge in [0.1, 0.15) is 5.82 Å². The monoisotopic (exact) mass is 268 g/mol. The standard InChI is InChI=1S/C14H21FN2O2/c1-10(12-6-4-5-7-13(12)15)17(2)14(18)8-11(9-16)19-3/h4-7,10-11H,8-9,16H2,1-3H3. The molecule has 0 saturated carbocycles. The summed E-state index contributed by atoms with van der Waals surface area (Å²) < 4.78 is 18.8. The molecule has 0 heterocycles. The van der Waals surface area contributed by atoms with Crippen LogP contribution in [-0.4, -0.2) is 37.6 Å². The van der Waals surface area contributed by atoms with Crippen molar-refractivity contribution in [2.45, 2.75) is 25.5 Å². The molecule has 0 spiro atoms. The second kappa shape index (κ2) is 7.21. The molecule has 106 valence electrons. The summed E-state index contributed by atoms with van der Waals surface area (Å²) in [6, 6.07) is 6.13. The fourth-order valence-electron chi connectivity index (χ4n) is 1.84. The third-order valence-corrected chi connectivity index (χ3v) is 3.33. The van der Waals surface area contributed by atoms with Crippen molar-refractivity contribution in [2.24, 2.45) is 5.73 Å². The third-order valence-electron chi connectivity index (χ3n) is 3.33. The Balaban J connectivity index is 2.74. The van der Waals surface area contributed by atoms with Crippen LogP contribution < -0.4 is 5.73 Å². The van der Waals surface area contributed by atoms with E-state index in [4.69, 9.17) is 10.5 Å². The first kappa shape index (κ1) is 15.6. The number of methoxy groups -OCH3 is 1. The number of nitrogens with zero attached hydrogens (tertiary/aromatic N) is 1. The Kier molecular flexibility index (Phi) is 5.92. The lowest BCUT2D eigenvalue weighted by molar-refractivity contribution is -0.134. The van der Waals surface area contributed by atoms with Crippen LogP contribution in [0, 0.1) is 5.82 Å². The van der Waals surface area contributed by atoms with Crippen molar-refractivity contribution >= 4 is 5.91 Å². The van der Waals surface area contributed by atoms with E-state index in [9.17, 15) is 9.18 Å². The van der Waals surface area contributed by atoms with Gasteiger partial charge in [-0.15, -0.1) is 0 Å². The maximum absolute atomic E-state index is 13.7. The molecule has 5 heteroatoms. The highest BCUT2D eigenvalue weighted by Crippen LogP contribution is 2.22. The molecule has 0 aliphatic carbocycles. The summed E-state index contributed by atoms with van der Waals surface area (Å²) in [5.74, 6) is -0.426. The Morgan fingerprint density at radius 3 is 2.63 bits per heavy atom. The Bertz CT molecular complexity index is 422. The van der Waals surface area contributed by atoms with Crippen LogP contribution in [0.3, 0.4) is 0 Å². The number of rotatable bonds is 6. The zero-order chi connectivity index (χ0) is 14.4. The molecular formula is C14H21FN2O2. The molecule has 0 fully saturated rings. The molecule has 19 heavy (non-hydrogen) atoms. The van der Waals surface area contributed by atoms with E-state index >= 15 is 0 Å². The summed E-state index contributed by atoms with van der Waals surface area (Å²) >= 11 is 0. The normalized spacial score (nSPS) is 13.9. The molecule has 1 rings (SSSR count). The van der Waals surface area contributed by atoms with Gasteiger partial charge >= 0.3 is 0 Å². The van der Waals surface area contributed by atoms with E-state index in [1.807, 2.05) is 0 Å². The molecule has 1 aromatic rings. The molecule has 0 aromatic heterocycles. The SMILES string of the molecule is COC(CN)CC(=O)N(C)C(C)c1ccccc1F. The zero-order valence-electron chi connectivity index (χ0n) is 11.6. The minimum Gasteiger partial charge on any atom is -0.380 e. The number of ether oxygens (including phenoxy) is 1.